The van der Waals surface area contributed by atoms with Crippen molar-refractivity contribution in [1.29, 1.82) is 0 Å². The van der Waals surface area contributed by atoms with Crippen LogP contribution >= 0.6 is 0 Å². The smallest absolute Gasteiger partial charge is 0.310 e. The van der Waals surface area contributed by atoms with Crippen LogP contribution in [0.15, 0.2) is 41.7 Å². The summed E-state index contributed by atoms with van der Waals surface area (Å²) in [6.45, 7) is 0.611. The van der Waals surface area contributed by atoms with Gasteiger partial charge in [0.15, 0.2) is 0 Å². The Hall–Kier alpha value is -2.53. The highest BCUT2D eigenvalue weighted by atomic mass is 16.5. The minimum Gasteiger partial charge on any atom is -0.457 e. The second-order valence-electron chi connectivity index (χ2n) is 5.78. The van der Waals surface area contributed by atoms with Gasteiger partial charge in [0, 0.05) is 36.5 Å². The number of aliphatic imine (C=N–C) groups is 1. The zero-order valence-electron chi connectivity index (χ0n) is 12.5. The number of aliphatic hydroxyl groups is 1. The normalized spacial score (nSPS) is 18.9. The number of hydrogen-bond acceptors (Lipinski definition) is 5. The number of carbonyl (C=O) groups is 1. The molecule has 2 aliphatic heterocycles. The average Bonchev–Trinajstić information content (AvgIpc) is 2.97. The van der Waals surface area contributed by atoms with Gasteiger partial charge in [0.25, 0.3) is 0 Å². The van der Waals surface area contributed by atoms with E-state index in [0.29, 0.717) is 13.0 Å². The van der Waals surface area contributed by atoms with Crippen LogP contribution in [-0.2, 0) is 22.5 Å². The molecule has 0 saturated carbocycles. The van der Waals surface area contributed by atoms with Crippen molar-refractivity contribution < 1.29 is 14.6 Å². The number of pyridine rings is 1. The second-order valence-corrected chi connectivity index (χ2v) is 5.78. The van der Waals surface area contributed by atoms with Crippen LogP contribution < -0.4 is 0 Å². The van der Waals surface area contributed by atoms with Crippen molar-refractivity contribution in [1.82, 2.24) is 4.98 Å². The van der Waals surface area contributed by atoms with Crippen molar-refractivity contribution in [2.75, 3.05) is 6.61 Å². The predicted octanol–water partition coefficient (Wildman–Crippen LogP) is 1.96. The van der Waals surface area contributed by atoms with Crippen LogP contribution in [0.2, 0.25) is 0 Å². The molecule has 116 valence electrons. The summed E-state index contributed by atoms with van der Waals surface area (Å²) in [5.41, 5.74) is 6.17. The van der Waals surface area contributed by atoms with E-state index >= 15 is 0 Å². The Morgan fingerprint density at radius 1 is 1.22 bits per heavy atom. The lowest BCUT2D eigenvalue weighted by Crippen LogP contribution is -2.23. The van der Waals surface area contributed by atoms with Gasteiger partial charge in [-0.2, -0.15) is 0 Å². The number of aliphatic hydroxyl groups excluding tert-OH is 1. The molecule has 1 N–H and O–H groups in total. The molecule has 2 aliphatic rings. The first-order valence-electron chi connectivity index (χ1n) is 7.67. The molecule has 1 unspecified atom stereocenters. The molecule has 5 heteroatoms. The van der Waals surface area contributed by atoms with Crippen LogP contribution in [0.5, 0.6) is 0 Å². The number of nitrogens with zero attached hydrogens (tertiary/aromatic N) is 2. The van der Waals surface area contributed by atoms with Gasteiger partial charge in [0.05, 0.1) is 18.7 Å². The van der Waals surface area contributed by atoms with E-state index in [1.165, 1.54) is 0 Å². The molecule has 5 nitrogen and oxygen atoms in total. The van der Waals surface area contributed by atoms with Crippen molar-refractivity contribution in [2.24, 2.45) is 4.99 Å². The Morgan fingerprint density at radius 2 is 2.04 bits per heavy atom. The molecule has 4 rings (SSSR count). The first-order chi connectivity index (χ1) is 11.3. The monoisotopic (exact) mass is 308 g/mol. The minimum atomic E-state index is -0.374. The number of rotatable bonds is 3. The first-order valence-corrected chi connectivity index (χ1v) is 7.67. The van der Waals surface area contributed by atoms with E-state index in [-0.39, 0.29) is 25.1 Å². The zero-order chi connectivity index (χ0) is 15.8. The summed E-state index contributed by atoms with van der Waals surface area (Å²) in [6, 6.07) is 8.02. The molecule has 0 amide bonds. The highest BCUT2D eigenvalue weighted by molar-refractivity contribution is 6.15. The maximum atomic E-state index is 11.8. The van der Waals surface area contributed by atoms with Gasteiger partial charge in [0.2, 0.25) is 0 Å². The number of fused-ring (bicyclic) bond motifs is 2. The maximum absolute atomic E-state index is 11.8. The van der Waals surface area contributed by atoms with Crippen LogP contribution in [0.1, 0.15) is 40.3 Å². The van der Waals surface area contributed by atoms with Gasteiger partial charge in [-0.05, 0) is 34.9 Å². The minimum absolute atomic E-state index is 0.0141. The molecule has 0 fully saturated rings. The highest BCUT2D eigenvalue weighted by Gasteiger charge is 2.29. The summed E-state index contributed by atoms with van der Waals surface area (Å²) in [7, 11) is 0. The number of benzene rings is 1. The SMILES string of the molecule is O=C1Cc2cc3c(cc2C(CCO)O1)C(c1ccncc1)=NC3. The molecule has 23 heavy (non-hydrogen) atoms. The lowest BCUT2D eigenvalue weighted by Gasteiger charge is -2.26. The van der Waals surface area contributed by atoms with Gasteiger partial charge in [-0.25, -0.2) is 0 Å². The molecule has 0 aliphatic carbocycles. The van der Waals surface area contributed by atoms with Gasteiger partial charge in [0.1, 0.15) is 6.10 Å². The van der Waals surface area contributed by atoms with Crippen molar-refractivity contribution in [2.45, 2.75) is 25.5 Å². The third kappa shape index (κ3) is 2.43. The second kappa shape index (κ2) is 5.59. The van der Waals surface area contributed by atoms with Gasteiger partial charge >= 0.3 is 5.97 Å². The average molecular weight is 308 g/mol. The summed E-state index contributed by atoms with van der Waals surface area (Å²) in [4.78, 5) is 20.5. The number of hydrogen-bond donors (Lipinski definition) is 1. The van der Waals surface area contributed by atoms with E-state index in [1.54, 1.807) is 12.4 Å². The molecule has 3 heterocycles. The van der Waals surface area contributed by atoms with Crippen LogP contribution in [0.4, 0.5) is 0 Å². The van der Waals surface area contributed by atoms with E-state index < -0.39 is 0 Å². The van der Waals surface area contributed by atoms with Crippen molar-refractivity contribution >= 4 is 11.7 Å². The fourth-order valence-corrected chi connectivity index (χ4v) is 3.27. The topological polar surface area (TPSA) is 71.8 Å². The third-order valence-electron chi connectivity index (χ3n) is 4.33. The van der Waals surface area contributed by atoms with E-state index in [1.807, 2.05) is 12.1 Å². The van der Waals surface area contributed by atoms with Gasteiger partial charge in [-0.15, -0.1) is 0 Å². The molecule has 1 aromatic carbocycles. The lowest BCUT2D eigenvalue weighted by atomic mass is 9.89. The quantitative estimate of drug-likeness (QED) is 0.880. The number of esters is 1. The van der Waals surface area contributed by atoms with Crippen LogP contribution in [0, 0.1) is 0 Å². The number of cyclic esters (lactones) is 1. The van der Waals surface area contributed by atoms with Gasteiger partial charge in [-0.3, -0.25) is 14.8 Å². The molecular formula is C18H16N2O3. The van der Waals surface area contributed by atoms with Crippen LogP contribution in [0.25, 0.3) is 0 Å². The Balaban J connectivity index is 1.79. The third-order valence-corrected chi connectivity index (χ3v) is 4.33. The van der Waals surface area contributed by atoms with Crippen molar-refractivity contribution in [3.05, 3.63) is 64.5 Å². The standard InChI is InChI=1S/C18H16N2O3/c21-6-3-16-14-9-15-13(7-12(14)8-17(22)23-16)10-20-18(15)11-1-4-19-5-2-11/h1-2,4-5,7,9,16,21H,3,6,8,10H2. The Bertz CT molecular complexity index is 799. The molecule has 1 atom stereocenters. The molecule has 0 bridgehead atoms. The number of aromatic nitrogens is 1. The largest absolute Gasteiger partial charge is 0.457 e. The number of carbonyl (C=O) groups excluding carboxylic acids is 1. The first kappa shape index (κ1) is 14.1. The predicted molar refractivity (Wildman–Crippen MR) is 84.3 cm³/mol. The molecule has 1 aromatic heterocycles. The van der Waals surface area contributed by atoms with E-state index in [0.717, 1.165) is 33.5 Å². The number of ether oxygens (including phenoxy) is 1. The maximum Gasteiger partial charge on any atom is 0.310 e. The Kier molecular flexibility index (Phi) is 3.42. The molecule has 2 aromatic rings. The summed E-state index contributed by atoms with van der Waals surface area (Å²) in [6.07, 6.45) is 3.84. The zero-order valence-corrected chi connectivity index (χ0v) is 12.5. The summed E-state index contributed by atoms with van der Waals surface area (Å²) >= 11 is 0. The highest BCUT2D eigenvalue weighted by Crippen LogP contribution is 2.35. The lowest BCUT2D eigenvalue weighted by molar-refractivity contribution is -0.151. The fourth-order valence-electron chi connectivity index (χ4n) is 3.27. The Labute approximate surface area is 133 Å². The van der Waals surface area contributed by atoms with E-state index in [9.17, 15) is 9.90 Å². The van der Waals surface area contributed by atoms with Crippen molar-refractivity contribution in [3.8, 4) is 0 Å². The van der Waals surface area contributed by atoms with Crippen molar-refractivity contribution in [3.63, 3.8) is 0 Å². The molecule has 0 spiro atoms. The van der Waals surface area contributed by atoms with Gasteiger partial charge in [-0.1, -0.05) is 6.07 Å². The summed E-state index contributed by atoms with van der Waals surface area (Å²) in [5, 5.41) is 9.23. The van der Waals surface area contributed by atoms with E-state index in [4.69, 9.17) is 4.74 Å². The van der Waals surface area contributed by atoms with Crippen LogP contribution in [0.3, 0.4) is 0 Å². The molecular weight excluding hydrogens is 292 g/mol. The molecule has 0 saturated heterocycles. The van der Waals surface area contributed by atoms with Crippen LogP contribution in [-0.4, -0.2) is 28.4 Å². The van der Waals surface area contributed by atoms with Gasteiger partial charge < -0.3 is 9.84 Å². The summed E-state index contributed by atoms with van der Waals surface area (Å²) in [5.74, 6) is -0.232. The molecule has 0 radical (unpaired) electrons. The Morgan fingerprint density at radius 3 is 2.83 bits per heavy atom. The fraction of sp³-hybridized carbons (Fsp3) is 0.278. The summed E-state index contributed by atoms with van der Waals surface area (Å²) < 4.78 is 5.41. The van der Waals surface area contributed by atoms with E-state index in [2.05, 4.69) is 22.1 Å².